The number of nitrogens with zero attached hydrogens (tertiary/aromatic N) is 3. The first kappa shape index (κ1) is 26.6. The number of carbonyl (C=O) groups is 1. The molecule has 0 aliphatic carbocycles. The number of aryl methyl sites for hydroxylation is 1. The number of aromatic hydroxyl groups is 1. The Morgan fingerprint density at radius 1 is 0.944 bits per heavy atom. The van der Waals surface area contributed by atoms with E-state index in [-0.39, 0.29) is 22.9 Å². The van der Waals surface area contributed by atoms with Gasteiger partial charge in [-0.3, -0.25) is 9.36 Å². The Labute approximate surface area is 210 Å². The lowest BCUT2D eigenvalue weighted by Gasteiger charge is -2.30. The fourth-order valence-electron chi connectivity index (χ4n) is 4.09. The van der Waals surface area contributed by atoms with Crippen molar-refractivity contribution in [3.63, 3.8) is 0 Å². The highest BCUT2D eigenvalue weighted by Crippen LogP contribution is 2.43. The standard InChI is InChI=1S/C27H34N4O5/c1-15-9-11-16(12-10-15)31-22(28)20(23(33)29(8)24(31)34)30(25(35)36)17-13-18(26(2,3)4)21(32)19(14-17)27(5,6)7/h9-14,32H,28H2,1-8H3,(H,35,36). The van der Waals surface area contributed by atoms with E-state index in [4.69, 9.17) is 5.73 Å². The predicted molar refractivity (Wildman–Crippen MR) is 142 cm³/mol. The lowest BCUT2D eigenvalue weighted by molar-refractivity contribution is 0.204. The predicted octanol–water partition coefficient (Wildman–Crippen LogP) is 4.54. The summed E-state index contributed by atoms with van der Waals surface area (Å²) in [5, 5.41) is 21.4. The van der Waals surface area contributed by atoms with Gasteiger partial charge in [0.2, 0.25) is 0 Å². The number of nitrogens with two attached hydrogens (primary N) is 1. The van der Waals surface area contributed by atoms with Crippen LogP contribution < -0.4 is 21.9 Å². The topological polar surface area (TPSA) is 131 Å². The average molecular weight is 495 g/mol. The number of nitrogen functional groups attached to an aromatic ring is 1. The van der Waals surface area contributed by atoms with Crippen molar-refractivity contribution in [3.8, 4) is 11.4 Å². The molecule has 9 heteroatoms. The third kappa shape index (κ3) is 4.60. The third-order valence-corrected chi connectivity index (χ3v) is 6.14. The highest BCUT2D eigenvalue weighted by Gasteiger charge is 2.32. The Hall–Kier alpha value is -4.01. The fraction of sp³-hybridized carbons (Fsp3) is 0.370. The van der Waals surface area contributed by atoms with Gasteiger partial charge in [0.05, 0.1) is 11.4 Å². The first-order valence-corrected chi connectivity index (χ1v) is 11.6. The Kier molecular flexibility index (Phi) is 6.57. The van der Waals surface area contributed by atoms with Gasteiger partial charge in [0.1, 0.15) is 11.6 Å². The largest absolute Gasteiger partial charge is 0.507 e. The molecule has 0 atom stereocenters. The molecular formula is C27H34N4O5. The van der Waals surface area contributed by atoms with Gasteiger partial charge in [-0.05, 0) is 42.0 Å². The molecule has 36 heavy (non-hydrogen) atoms. The van der Waals surface area contributed by atoms with Crippen LogP contribution in [0.5, 0.6) is 5.75 Å². The van der Waals surface area contributed by atoms with Crippen LogP contribution in [0.4, 0.5) is 22.0 Å². The lowest BCUT2D eigenvalue weighted by atomic mass is 9.79. The summed E-state index contributed by atoms with van der Waals surface area (Å²) < 4.78 is 1.94. The maximum Gasteiger partial charge on any atom is 0.416 e. The van der Waals surface area contributed by atoms with E-state index >= 15 is 0 Å². The molecule has 0 fully saturated rings. The number of carboxylic acid groups (broad SMARTS) is 1. The minimum Gasteiger partial charge on any atom is -0.507 e. The first-order valence-electron chi connectivity index (χ1n) is 11.6. The summed E-state index contributed by atoms with van der Waals surface area (Å²) in [6.45, 7) is 13.3. The molecule has 192 valence electrons. The van der Waals surface area contributed by atoms with Crippen LogP contribution in [0.25, 0.3) is 5.69 Å². The van der Waals surface area contributed by atoms with Crippen molar-refractivity contribution < 1.29 is 15.0 Å². The number of aromatic nitrogens is 2. The number of rotatable bonds is 3. The third-order valence-electron chi connectivity index (χ3n) is 6.14. The van der Waals surface area contributed by atoms with Gasteiger partial charge in [0.15, 0.2) is 5.69 Å². The van der Waals surface area contributed by atoms with Gasteiger partial charge in [0, 0.05) is 18.2 Å². The molecule has 4 N–H and O–H groups in total. The molecule has 0 spiro atoms. The molecule has 9 nitrogen and oxygen atoms in total. The summed E-state index contributed by atoms with van der Waals surface area (Å²) in [6, 6.07) is 9.99. The molecule has 3 rings (SSSR count). The highest BCUT2D eigenvalue weighted by molar-refractivity contribution is 5.98. The summed E-state index contributed by atoms with van der Waals surface area (Å²) in [4.78, 5) is 39.8. The first-order chi connectivity index (χ1) is 16.5. The smallest absolute Gasteiger partial charge is 0.416 e. The molecule has 0 saturated heterocycles. The molecule has 1 amide bonds. The number of hydrogen-bond donors (Lipinski definition) is 3. The molecule has 0 aliphatic heterocycles. The number of anilines is 3. The van der Waals surface area contributed by atoms with E-state index in [0.717, 1.165) is 19.6 Å². The highest BCUT2D eigenvalue weighted by atomic mass is 16.4. The number of hydrogen-bond acceptors (Lipinski definition) is 5. The molecule has 0 unspecified atom stereocenters. The van der Waals surface area contributed by atoms with Crippen molar-refractivity contribution in [2.75, 3.05) is 10.6 Å². The van der Waals surface area contributed by atoms with E-state index in [1.54, 1.807) is 36.4 Å². The molecule has 1 aromatic heterocycles. The second kappa shape index (κ2) is 8.89. The molecule has 0 bridgehead atoms. The van der Waals surface area contributed by atoms with E-state index in [1.165, 1.54) is 7.05 Å². The van der Waals surface area contributed by atoms with Gasteiger partial charge >= 0.3 is 11.8 Å². The van der Waals surface area contributed by atoms with Crippen LogP contribution in [0.15, 0.2) is 46.0 Å². The van der Waals surface area contributed by atoms with Crippen LogP contribution in [0, 0.1) is 6.92 Å². The van der Waals surface area contributed by atoms with E-state index < -0.39 is 28.2 Å². The summed E-state index contributed by atoms with van der Waals surface area (Å²) in [5.41, 5.74) is 5.86. The summed E-state index contributed by atoms with van der Waals surface area (Å²) in [5.74, 6) is -0.244. The SMILES string of the molecule is Cc1ccc(-n2c(N)c(N(C(=O)O)c3cc(C(C)(C)C)c(O)c(C(C)(C)C)c3)c(=O)n(C)c2=O)cc1. The van der Waals surface area contributed by atoms with Gasteiger partial charge in [-0.15, -0.1) is 0 Å². The normalized spacial score (nSPS) is 12.0. The Morgan fingerprint density at radius 3 is 1.83 bits per heavy atom. The van der Waals surface area contributed by atoms with E-state index in [9.17, 15) is 24.6 Å². The van der Waals surface area contributed by atoms with Crippen molar-refractivity contribution in [1.29, 1.82) is 0 Å². The van der Waals surface area contributed by atoms with Crippen LogP contribution in [-0.4, -0.2) is 25.4 Å². The van der Waals surface area contributed by atoms with Gasteiger partial charge in [-0.2, -0.15) is 0 Å². The van der Waals surface area contributed by atoms with E-state index in [2.05, 4.69) is 0 Å². The molecule has 0 saturated carbocycles. The maximum atomic E-state index is 13.3. The zero-order valence-corrected chi connectivity index (χ0v) is 22.0. The monoisotopic (exact) mass is 494 g/mol. The fourth-order valence-corrected chi connectivity index (χ4v) is 4.09. The average Bonchev–Trinajstić information content (AvgIpc) is 2.75. The van der Waals surface area contributed by atoms with Crippen molar-refractivity contribution >= 4 is 23.3 Å². The molecule has 1 heterocycles. The van der Waals surface area contributed by atoms with Crippen molar-refractivity contribution in [3.05, 3.63) is 73.9 Å². The van der Waals surface area contributed by atoms with E-state index in [0.29, 0.717) is 16.8 Å². The van der Waals surface area contributed by atoms with Crippen molar-refractivity contribution in [2.45, 2.75) is 59.3 Å². The number of phenolic OH excluding ortho intramolecular Hbond substituents is 1. The van der Waals surface area contributed by atoms with Gasteiger partial charge in [-0.25, -0.2) is 19.1 Å². The number of amides is 1. The number of benzene rings is 2. The Morgan fingerprint density at radius 2 is 1.42 bits per heavy atom. The van der Waals surface area contributed by atoms with Gasteiger partial charge in [-0.1, -0.05) is 59.2 Å². The Bertz CT molecular complexity index is 1420. The minimum atomic E-state index is -1.46. The summed E-state index contributed by atoms with van der Waals surface area (Å²) in [7, 11) is 1.27. The summed E-state index contributed by atoms with van der Waals surface area (Å²) >= 11 is 0. The van der Waals surface area contributed by atoms with Gasteiger partial charge in [0.25, 0.3) is 5.56 Å². The van der Waals surface area contributed by atoms with Gasteiger partial charge < -0.3 is 15.9 Å². The van der Waals surface area contributed by atoms with Crippen LogP contribution in [0.2, 0.25) is 0 Å². The zero-order valence-electron chi connectivity index (χ0n) is 22.0. The van der Waals surface area contributed by atoms with E-state index in [1.807, 2.05) is 48.5 Å². The lowest BCUT2D eigenvalue weighted by Crippen LogP contribution is -2.43. The van der Waals surface area contributed by atoms with Crippen molar-refractivity contribution in [2.24, 2.45) is 7.05 Å². The molecular weight excluding hydrogens is 460 g/mol. The van der Waals surface area contributed by atoms with Crippen molar-refractivity contribution in [1.82, 2.24) is 9.13 Å². The maximum absolute atomic E-state index is 13.3. The van der Waals surface area contributed by atoms with Crippen LogP contribution in [0.3, 0.4) is 0 Å². The minimum absolute atomic E-state index is 0.0644. The second-order valence-corrected chi connectivity index (χ2v) is 11.1. The molecule has 3 aromatic rings. The second-order valence-electron chi connectivity index (χ2n) is 11.1. The molecule has 0 radical (unpaired) electrons. The van der Waals surface area contributed by atoms with Crippen LogP contribution in [0.1, 0.15) is 58.2 Å². The molecule has 0 aliphatic rings. The quantitative estimate of drug-likeness (QED) is 0.490. The van der Waals surface area contributed by atoms with Crippen LogP contribution >= 0.6 is 0 Å². The number of phenols is 1. The van der Waals surface area contributed by atoms with Crippen LogP contribution in [-0.2, 0) is 17.9 Å². The zero-order chi connectivity index (χ0) is 27.3. The molecule has 2 aromatic carbocycles. The summed E-state index contributed by atoms with van der Waals surface area (Å²) in [6.07, 6.45) is -1.46. The Balaban J connectivity index is 2.46.